The minimum Gasteiger partial charge on any atom is -0.359 e. The van der Waals surface area contributed by atoms with Crippen LogP contribution in [0, 0.1) is 0 Å². The number of hydrogen-bond acceptors (Lipinski definition) is 3. The van der Waals surface area contributed by atoms with Gasteiger partial charge in [0, 0.05) is 43.9 Å². The Bertz CT molecular complexity index is 4330. The van der Waals surface area contributed by atoms with E-state index in [0.29, 0.717) is 0 Å². The fraction of sp³-hybridized carbons (Fsp3) is 0.0290. The van der Waals surface area contributed by atoms with E-state index in [1.54, 1.807) is 0 Å². The molecule has 0 bridgehead atoms. The maximum Gasteiger partial charge on any atom is 0.130 e. The smallest absolute Gasteiger partial charge is 0.130 e. The van der Waals surface area contributed by atoms with Crippen LogP contribution in [0.2, 0.25) is 0 Å². The van der Waals surface area contributed by atoms with Crippen molar-refractivity contribution in [3.8, 4) is 50.3 Å². The second-order valence-electron chi connectivity index (χ2n) is 19.8. The summed E-state index contributed by atoms with van der Waals surface area (Å²) < 4.78 is 2.44. The molecule has 1 N–H and O–H groups in total. The van der Waals surface area contributed by atoms with Crippen LogP contribution in [-0.2, 0) is 5.41 Å². The van der Waals surface area contributed by atoms with Crippen molar-refractivity contribution in [1.29, 1.82) is 0 Å². The molecule has 1 unspecified atom stereocenters. The third-order valence-electron chi connectivity index (χ3n) is 16.2. The lowest BCUT2D eigenvalue weighted by Crippen LogP contribution is -2.25. The highest BCUT2D eigenvalue weighted by molar-refractivity contribution is 6.20. The monoisotopic (exact) mass is 928 g/mol. The molecule has 0 saturated heterocycles. The highest BCUT2D eigenvalue weighted by Crippen LogP contribution is 2.64. The van der Waals surface area contributed by atoms with Crippen molar-refractivity contribution in [2.45, 2.75) is 11.6 Å². The Labute approximate surface area is 422 Å². The van der Waals surface area contributed by atoms with Gasteiger partial charge in [0.1, 0.15) is 6.17 Å². The summed E-state index contributed by atoms with van der Waals surface area (Å²) in [4.78, 5) is 8.10. The molecule has 0 saturated carbocycles. The quantitative estimate of drug-likeness (QED) is 0.175. The van der Waals surface area contributed by atoms with Gasteiger partial charge in [-0.3, -0.25) is 0 Å². The number of hydrogen-bond donors (Lipinski definition) is 1. The Morgan fingerprint density at radius 3 is 1.70 bits per heavy atom. The first kappa shape index (κ1) is 40.2. The molecule has 4 nitrogen and oxygen atoms in total. The van der Waals surface area contributed by atoms with Crippen LogP contribution in [0.5, 0.6) is 0 Å². The van der Waals surface area contributed by atoms with Crippen molar-refractivity contribution in [3.05, 3.63) is 283 Å². The van der Waals surface area contributed by atoms with Gasteiger partial charge in [0.25, 0.3) is 0 Å². The number of aromatic nitrogens is 2. The predicted octanol–water partition coefficient (Wildman–Crippen LogP) is 17.4. The second kappa shape index (κ2) is 15.2. The van der Waals surface area contributed by atoms with Gasteiger partial charge in [0.15, 0.2) is 0 Å². The van der Waals surface area contributed by atoms with Gasteiger partial charge in [0.2, 0.25) is 0 Å². The van der Waals surface area contributed by atoms with E-state index in [9.17, 15) is 0 Å². The van der Waals surface area contributed by atoms with E-state index in [1.165, 1.54) is 83.0 Å². The van der Waals surface area contributed by atoms with Crippen molar-refractivity contribution < 1.29 is 0 Å². The number of anilines is 3. The van der Waals surface area contributed by atoms with Crippen LogP contribution in [0.15, 0.2) is 255 Å². The molecule has 1 atom stereocenters. The standard InChI is InChI=1S/C69H44N4/c1-2-18-47(19-3-1)73-64-33-17-14-30-61(64)71-68(73)44-36-34-43(35-37-44)45-40-46(42-48(41-45)72-62-31-15-8-22-51(62)52-23-9-16-32-63(52)72)67-55-38-39-59-66(65(55)54-25-7-13-29-60(54)70-67)53-24-6-12-28-58(53)69(59)56-26-10-4-20-49(56)50-21-5-11-27-57(50)69/h1-42,68,71H. The molecular formula is C69H44N4. The first-order valence-electron chi connectivity index (χ1n) is 25.3. The summed E-state index contributed by atoms with van der Waals surface area (Å²) in [7, 11) is 0. The van der Waals surface area contributed by atoms with Crippen LogP contribution in [0.4, 0.5) is 17.1 Å². The summed E-state index contributed by atoms with van der Waals surface area (Å²) in [5.74, 6) is 0. The van der Waals surface area contributed by atoms with Gasteiger partial charge in [-0.2, -0.15) is 0 Å². The zero-order chi connectivity index (χ0) is 47.8. The minimum absolute atomic E-state index is 0.0706. The number of benzene rings is 11. The average Bonchev–Trinajstić information content (AvgIpc) is 4.19. The van der Waals surface area contributed by atoms with Gasteiger partial charge < -0.3 is 14.8 Å². The van der Waals surface area contributed by atoms with Crippen LogP contribution in [0.25, 0.3) is 93.8 Å². The molecule has 11 aromatic carbocycles. The van der Waals surface area contributed by atoms with Crippen LogP contribution in [0.3, 0.4) is 0 Å². The third kappa shape index (κ3) is 5.58. The Hall–Kier alpha value is -9.51. The number of nitrogens with zero attached hydrogens (tertiary/aromatic N) is 3. The molecule has 2 aliphatic carbocycles. The summed E-state index contributed by atoms with van der Waals surface area (Å²) in [6, 6.07) is 94.0. The van der Waals surface area contributed by atoms with Crippen LogP contribution < -0.4 is 10.2 Å². The van der Waals surface area contributed by atoms with Gasteiger partial charge in [-0.15, -0.1) is 0 Å². The molecule has 3 aliphatic rings. The molecule has 0 amide bonds. The normalized spacial score (nSPS) is 14.6. The van der Waals surface area contributed by atoms with Crippen LogP contribution >= 0.6 is 0 Å². The Morgan fingerprint density at radius 1 is 0.397 bits per heavy atom. The molecular weight excluding hydrogens is 885 g/mol. The van der Waals surface area contributed by atoms with Crippen molar-refractivity contribution in [1.82, 2.24) is 9.55 Å². The Kier molecular flexibility index (Phi) is 8.40. The molecule has 340 valence electrons. The number of para-hydroxylation sites is 6. The van der Waals surface area contributed by atoms with Gasteiger partial charge in [0.05, 0.1) is 39.0 Å². The molecule has 1 aliphatic heterocycles. The van der Waals surface area contributed by atoms with Crippen molar-refractivity contribution in [2.75, 3.05) is 10.2 Å². The molecule has 73 heavy (non-hydrogen) atoms. The number of nitrogens with one attached hydrogen (secondary N) is 1. The Morgan fingerprint density at radius 2 is 0.973 bits per heavy atom. The third-order valence-corrected chi connectivity index (χ3v) is 16.2. The highest BCUT2D eigenvalue weighted by Gasteiger charge is 2.52. The van der Waals surface area contributed by atoms with E-state index in [-0.39, 0.29) is 6.17 Å². The Balaban J connectivity index is 0.939. The largest absolute Gasteiger partial charge is 0.359 e. The van der Waals surface area contributed by atoms with Gasteiger partial charge in [-0.05, 0) is 122 Å². The lowest BCUT2D eigenvalue weighted by Gasteiger charge is -2.30. The van der Waals surface area contributed by atoms with Crippen molar-refractivity contribution in [3.63, 3.8) is 0 Å². The molecule has 3 heterocycles. The first-order chi connectivity index (χ1) is 36.2. The summed E-state index contributed by atoms with van der Waals surface area (Å²) >= 11 is 0. The summed E-state index contributed by atoms with van der Waals surface area (Å²) in [6.45, 7) is 0. The highest BCUT2D eigenvalue weighted by atomic mass is 15.3. The van der Waals surface area contributed by atoms with E-state index in [4.69, 9.17) is 4.98 Å². The van der Waals surface area contributed by atoms with E-state index in [2.05, 4.69) is 270 Å². The van der Waals surface area contributed by atoms with Gasteiger partial charge in [-0.25, -0.2) is 4.98 Å². The minimum atomic E-state index is -0.456. The fourth-order valence-electron chi connectivity index (χ4n) is 13.2. The zero-order valence-electron chi connectivity index (χ0n) is 39.7. The molecule has 0 fully saturated rings. The van der Waals surface area contributed by atoms with Crippen LogP contribution in [0.1, 0.15) is 34.0 Å². The number of rotatable bonds is 5. The lowest BCUT2D eigenvalue weighted by atomic mass is 9.70. The fourth-order valence-corrected chi connectivity index (χ4v) is 13.2. The van der Waals surface area contributed by atoms with Crippen LogP contribution in [-0.4, -0.2) is 9.55 Å². The lowest BCUT2D eigenvalue weighted by molar-refractivity contribution is 0.794. The maximum absolute atomic E-state index is 5.70. The van der Waals surface area contributed by atoms with E-state index < -0.39 is 5.41 Å². The summed E-state index contributed by atoms with van der Waals surface area (Å²) in [5, 5.41) is 9.85. The van der Waals surface area contributed by atoms with Crippen molar-refractivity contribution in [2.24, 2.45) is 0 Å². The molecule has 2 aromatic heterocycles. The maximum atomic E-state index is 5.70. The van der Waals surface area contributed by atoms with E-state index in [0.717, 1.165) is 55.7 Å². The molecule has 1 spiro atoms. The first-order valence-corrected chi connectivity index (χ1v) is 25.3. The van der Waals surface area contributed by atoms with E-state index >= 15 is 0 Å². The summed E-state index contributed by atoms with van der Waals surface area (Å²) in [5.41, 5.74) is 23.4. The number of fused-ring (bicyclic) bond motifs is 18. The summed E-state index contributed by atoms with van der Waals surface area (Å²) in [6.07, 6.45) is -0.0706. The molecule has 4 heteroatoms. The molecule has 0 radical (unpaired) electrons. The average molecular weight is 929 g/mol. The zero-order valence-corrected chi connectivity index (χ0v) is 39.7. The SMILES string of the molecule is c1ccc(N2c3ccccc3NC2c2ccc(-c3cc(-c4nc5ccccc5c5c6c(ccc45)C4(c5ccccc5-c5ccccc54)c4ccccc4-6)cc(-n4c5ccccc5c5ccccc54)c3)cc2)cc1. The molecule has 16 rings (SSSR count). The van der Waals surface area contributed by atoms with Crippen molar-refractivity contribution >= 4 is 60.5 Å². The van der Waals surface area contributed by atoms with Gasteiger partial charge >= 0.3 is 0 Å². The molecule has 13 aromatic rings. The number of pyridine rings is 1. The topological polar surface area (TPSA) is 33.1 Å². The predicted molar refractivity (Wildman–Crippen MR) is 302 cm³/mol. The van der Waals surface area contributed by atoms with Gasteiger partial charge in [-0.1, -0.05) is 194 Å². The van der Waals surface area contributed by atoms with E-state index in [1.807, 2.05) is 0 Å². The second-order valence-corrected chi connectivity index (χ2v) is 19.8.